The van der Waals surface area contributed by atoms with Crippen molar-refractivity contribution in [1.82, 2.24) is 10.2 Å². The van der Waals surface area contributed by atoms with Crippen LogP contribution in [0.4, 0.5) is 0 Å². The molecule has 2 saturated carbocycles. The van der Waals surface area contributed by atoms with E-state index in [1.54, 1.807) is 0 Å². The Kier molecular flexibility index (Phi) is 2.28. The van der Waals surface area contributed by atoms with E-state index in [-0.39, 0.29) is 23.9 Å². The monoisotopic (exact) mass is 222 g/mol. The molecule has 1 saturated heterocycles. The number of hydrogen-bond donors (Lipinski definition) is 1. The first-order chi connectivity index (χ1) is 7.65. The summed E-state index contributed by atoms with van der Waals surface area (Å²) in [5, 5.41) is 3.33. The first kappa shape index (κ1) is 10.3. The third kappa shape index (κ3) is 1.65. The summed E-state index contributed by atoms with van der Waals surface area (Å²) in [5.74, 6) is 0.814. The van der Waals surface area contributed by atoms with Gasteiger partial charge in [-0.1, -0.05) is 6.92 Å². The predicted octanol–water partition coefficient (Wildman–Crippen LogP) is 0.664. The summed E-state index contributed by atoms with van der Waals surface area (Å²) >= 11 is 0. The Hall–Kier alpha value is -0.900. The highest BCUT2D eigenvalue weighted by atomic mass is 16.2. The van der Waals surface area contributed by atoms with Crippen LogP contribution in [0.5, 0.6) is 0 Å². The number of amides is 2. The maximum absolute atomic E-state index is 12.0. The molecule has 4 heteroatoms. The third-order valence-electron chi connectivity index (χ3n) is 3.91. The van der Waals surface area contributed by atoms with Crippen molar-refractivity contribution >= 4 is 11.8 Å². The van der Waals surface area contributed by atoms with E-state index in [0.29, 0.717) is 12.5 Å². The molecule has 0 aromatic heterocycles. The Morgan fingerprint density at radius 2 is 1.94 bits per heavy atom. The molecule has 16 heavy (non-hydrogen) atoms. The zero-order chi connectivity index (χ0) is 11.3. The van der Waals surface area contributed by atoms with Crippen molar-refractivity contribution in [3.8, 4) is 0 Å². The minimum absolute atomic E-state index is 0.0204. The summed E-state index contributed by atoms with van der Waals surface area (Å²) in [5.41, 5.74) is 0. The van der Waals surface area contributed by atoms with Crippen LogP contribution in [-0.4, -0.2) is 34.8 Å². The lowest BCUT2D eigenvalue weighted by molar-refractivity contribution is -0.139. The number of rotatable bonds is 3. The number of hydrogen-bond acceptors (Lipinski definition) is 3. The van der Waals surface area contributed by atoms with Crippen molar-refractivity contribution in [3.63, 3.8) is 0 Å². The number of likely N-dealkylation sites (tertiary alicyclic amines) is 1. The fraction of sp³-hybridized carbons (Fsp3) is 0.833. The second kappa shape index (κ2) is 3.55. The van der Waals surface area contributed by atoms with Crippen LogP contribution in [0.15, 0.2) is 0 Å². The lowest BCUT2D eigenvalue weighted by atomic mass is 9.81. The van der Waals surface area contributed by atoms with Crippen molar-refractivity contribution in [3.05, 3.63) is 0 Å². The molecule has 1 unspecified atom stereocenters. The van der Waals surface area contributed by atoms with Crippen molar-refractivity contribution < 1.29 is 9.59 Å². The van der Waals surface area contributed by atoms with E-state index >= 15 is 0 Å². The van der Waals surface area contributed by atoms with Gasteiger partial charge in [0.15, 0.2) is 0 Å². The van der Waals surface area contributed by atoms with Gasteiger partial charge < -0.3 is 5.32 Å². The van der Waals surface area contributed by atoms with Crippen LogP contribution in [0, 0.1) is 5.92 Å². The molecule has 0 bridgehead atoms. The maximum atomic E-state index is 12.0. The zero-order valence-corrected chi connectivity index (χ0v) is 9.61. The van der Waals surface area contributed by atoms with E-state index < -0.39 is 0 Å². The summed E-state index contributed by atoms with van der Waals surface area (Å²) < 4.78 is 0. The first-order valence-electron chi connectivity index (χ1n) is 6.27. The van der Waals surface area contributed by atoms with Crippen LogP contribution >= 0.6 is 0 Å². The van der Waals surface area contributed by atoms with Crippen LogP contribution in [0.3, 0.4) is 0 Å². The van der Waals surface area contributed by atoms with Gasteiger partial charge in [-0.05, 0) is 31.6 Å². The average Bonchev–Trinajstić information content (AvgIpc) is 2.94. The number of carbonyl (C=O) groups is 2. The van der Waals surface area contributed by atoms with E-state index in [2.05, 4.69) is 12.2 Å². The third-order valence-corrected chi connectivity index (χ3v) is 3.91. The highest BCUT2D eigenvalue weighted by molar-refractivity contribution is 6.06. The molecule has 3 aliphatic rings. The Balaban J connectivity index is 1.60. The topological polar surface area (TPSA) is 49.4 Å². The lowest BCUT2D eigenvalue weighted by Gasteiger charge is -2.35. The molecule has 3 fully saturated rings. The Labute approximate surface area is 95.4 Å². The molecule has 0 spiro atoms. The largest absolute Gasteiger partial charge is 0.303 e. The Morgan fingerprint density at radius 3 is 2.50 bits per heavy atom. The normalized spacial score (nSPS) is 39.1. The van der Waals surface area contributed by atoms with Crippen LogP contribution in [0.1, 0.15) is 39.0 Å². The lowest BCUT2D eigenvalue weighted by Crippen LogP contribution is -2.49. The van der Waals surface area contributed by atoms with Gasteiger partial charge in [-0.15, -0.1) is 0 Å². The minimum Gasteiger partial charge on any atom is -0.303 e. The number of nitrogens with zero attached hydrogens (tertiary/aromatic N) is 1. The molecule has 3 rings (SSSR count). The molecule has 4 nitrogen and oxygen atoms in total. The predicted molar refractivity (Wildman–Crippen MR) is 58.6 cm³/mol. The summed E-state index contributed by atoms with van der Waals surface area (Å²) in [6.45, 7) is 2.22. The minimum atomic E-state index is -0.231. The number of imide groups is 1. The number of carbonyl (C=O) groups excluding carboxylic acids is 2. The van der Waals surface area contributed by atoms with E-state index in [4.69, 9.17) is 0 Å². The second-order valence-electron chi connectivity index (χ2n) is 5.53. The van der Waals surface area contributed by atoms with Gasteiger partial charge in [0.1, 0.15) is 0 Å². The smallest absolute Gasteiger partial charge is 0.247 e. The van der Waals surface area contributed by atoms with Gasteiger partial charge in [0.25, 0.3) is 0 Å². The van der Waals surface area contributed by atoms with E-state index in [1.807, 2.05) is 0 Å². The van der Waals surface area contributed by atoms with Crippen molar-refractivity contribution in [2.24, 2.45) is 5.92 Å². The van der Waals surface area contributed by atoms with Gasteiger partial charge in [-0.3, -0.25) is 14.5 Å². The van der Waals surface area contributed by atoms with Crippen LogP contribution in [0.2, 0.25) is 0 Å². The quantitative estimate of drug-likeness (QED) is 0.714. The molecule has 1 atom stereocenters. The molecule has 2 amide bonds. The maximum Gasteiger partial charge on any atom is 0.247 e. The highest BCUT2D eigenvalue weighted by Gasteiger charge is 2.46. The van der Waals surface area contributed by atoms with Crippen LogP contribution < -0.4 is 5.32 Å². The van der Waals surface area contributed by atoms with Gasteiger partial charge in [-0.25, -0.2) is 0 Å². The molecule has 0 aromatic carbocycles. The SMILES string of the molecule is CC1CC(NC2CC(=O)N(C3CC3)C2=O)C1. The van der Waals surface area contributed by atoms with Gasteiger partial charge in [-0.2, -0.15) is 0 Å². The molecule has 1 N–H and O–H groups in total. The fourth-order valence-electron chi connectivity index (χ4n) is 2.82. The average molecular weight is 222 g/mol. The Bertz CT molecular complexity index is 332. The summed E-state index contributed by atoms with van der Waals surface area (Å²) in [7, 11) is 0. The van der Waals surface area contributed by atoms with E-state index in [9.17, 15) is 9.59 Å². The van der Waals surface area contributed by atoms with E-state index in [0.717, 1.165) is 31.6 Å². The van der Waals surface area contributed by atoms with E-state index in [1.165, 1.54) is 4.90 Å². The van der Waals surface area contributed by atoms with Crippen molar-refractivity contribution in [1.29, 1.82) is 0 Å². The molecule has 2 aliphatic carbocycles. The van der Waals surface area contributed by atoms with Crippen molar-refractivity contribution in [2.45, 2.75) is 57.2 Å². The highest BCUT2D eigenvalue weighted by Crippen LogP contribution is 2.33. The molecular formula is C12H18N2O2. The summed E-state index contributed by atoms with van der Waals surface area (Å²) in [4.78, 5) is 25.2. The molecule has 0 radical (unpaired) electrons. The van der Waals surface area contributed by atoms with Gasteiger partial charge in [0, 0.05) is 12.1 Å². The summed E-state index contributed by atoms with van der Waals surface area (Å²) in [6, 6.07) is 0.452. The first-order valence-corrected chi connectivity index (χ1v) is 6.27. The molecular weight excluding hydrogens is 204 g/mol. The van der Waals surface area contributed by atoms with Crippen molar-refractivity contribution in [2.75, 3.05) is 0 Å². The second-order valence-corrected chi connectivity index (χ2v) is 5.53. The zero-order valence-electron chi connectivity index (χ0n) is 9.61. The fourth-order valence-corrected chi connectivity index (χ4v) is 2.82. The van der Waals surface area contributed by atoms with Crippen LogP contribution in [-0.2, 0) is 9.59 Å². The number of nitrogens with one attached hydrogen (secondary N) is 1. The van der Waals surface area contributed by atoms with Gasteiger partial charge >= 0.3 is 0 Å². The van der Waals surface area contributed by atoms with Gasteiger partial charge in [0.2, 0.25) is 11.8 Å². The molecule has 1 aliphatic heterocycles. The molecule has 1 heterocycles. The summed E-state index contributed by atoms with van der Waals surface area (Å²) in [6.07, 6.45) is 4.67. The van der Waals surface area contributed by atoms with Gasteiger partial charge in [0.05, 0.1) is 12.5 Å². The standard InChI is InChI=1S/C12H18N2O2/c1-7-4-8(5-7)13-10-6-11(15)14(12(10)16)9-2-3-9/h7-10,13H,2-6H2,1H3. The van der Waals surface area contributed by atoms with Crippen LogP contribution in [0.25, 0.3) is 0 Å². The Morgan fingerprint density at radius 1 is 1.25 bits per heavy atom. The molecule has 88 valence electrons. The molecule has 0 aromatic rings.